The highest BCUT2D eigenvalue weighted by molar-refractivity contribution is 7.92. The third kappa shape index (κ3) is 4.80. The fourth-order valence-corrected chi connectivity index (χ4v) is 4.93. The van der Waals surface area contributed by atoms with Crippen molar-refractivity contribution in [2.45, 2.75) is 38.1 Å². The van der Waals surface area contributed by atoms with Crippen LogP contribution in [-0.2, 0) is 10.0 Å². The van der Waals surface area contributed by atoms with Gasteiger partial charge in [0.25, 0.3) is 15.9 Å². The number of amides is 1. The van der Waals surface area contributed by atoms with Gasteiger partial charge in [-0.1, -0.05) is 49.4 Å². The van der Waals surface area contributed by atoms with E-state index in [9.17, 15) is 13.2 Å². The van der Waals surface area contributed by atoms with E-state index in [1.165, 1.54) is 11.4 Å². The Hall–Kier alpha value is -3.12. The van der Waals surface area contributed by atoms with Crippen LogP contribution in [0.3, 0.4) is 0 Å². The van der Waals surface area contributed by atoms with E-state index in [4.69, 9.17) is 0 Å². The monoisotopic (exact) mass is 436 g/mol. The summed E-state index contributed by atoms with van der Waals surface area (Å²) in [6.07, 6.45) is 0.770. The Bertz CT molecular complexity index is 1170. The van der Waals surface area contributed by atoms with Gasteiger partial charge in [-0.3, -0.25) is 9.10 Å². The van der Waals surface area contributed by atoms with E-state index in [1.807, 2.05) is 45.0 Å². The molecule has 0 spiro atoms. The SMILES string of the molecule is CC[C@H](NC(=O)c1ccc(N(C)S(=O)(=O)c2ccccc2)c(C)c1)c1ccccc1C. The Morgan fingerprint density at radius 2 is 1.58 bits per heavy atom. The number of nitrogens with one attached hydrogen (secondary N) is 1. The molecular formula is C25H28N2O3S. The average molecular weight is 437 g/mol. The number of carbonyl (C=O) groups is 1. The molecule has 1 atom stereocenters. The lowest BCUT2D eigenvalue weighted by atomic mass is 9.99. The molecule has 3 aromatic carbocycles. The molecule has 0 aromatic heterocycles. The van der Waals surface area contributed by atoms with E-state index in [0.717, 1.165) is 17.5 Å². The van der Waals surface area contributed by atoms with Crippen LogP contribution in [0.2, 0.25) is 0 Å². The van der Waals surface area contributed by atoms with Gasteiger partial charge >= 0.3 is 0 Å². The first-order valence-electron chi connectivity index (χ1n) is 10.3. The van der Waals surface area contributed by atoms with Crippen molar-refractivity contribution in [3.05, 3.63) is 95.1 Å². The molecule has 5 nitrogen and oxygen atoms in total. The first kappa shape index (κ1) is 22.6. The summed E-state index contributed by atoms with van der Waals surface area (Å²) in [5.74, 6) is -0.182. The zero-order valence-corrected chi connectivity index (χ0v) is 19.1. The lowest BCUT2D eigenvalue weighted by Gasteiger charge is -2.23. The van der Waals surface area contributed by atoms with Gasteiger partial charge < -0.3 is 5.32 Å². The van der Waals surface area contributed by atoms with Crippen LogP contribution in [0.15, 0.2) is 77.7 Å². The molecule has 31 heavy (non-hydrogen) atoms. The molecular weight excluding hydrogens is 408 g/mol. The number of carbonyl (C=O) groups excluding carboxylic acids is 1. The van der Waals surface area contributed by atoms with Crippen LogP contribution in [0.25, 0.3) is 0 Å². The largest absolute Gasteiger partial charge is 0.345 e. The molecule has 0 bridgehead atoms. The molecule has 162 valence electrons. The highest BCUT2D eigenvalue weighted by atomic mass is 32.2. The van der Waals surface area contributed by atoms with Crippen molar-refractivity contribution in [2.75, 3.05) is 11.4 Å². The third-order valence-corrected chi connectivity index (χ3v) is 7.26. The lowest BCUT2D eigenvalue weighted by molar-refractivity contribution is 0.0935. The van der Waals surface area contributed by atoms with E-state index in [0.29, 0.717) is 16.8 Å². The zero-order chi connectivity index (χ0) is 22.6. The summed E-state index contributed by atoms with van der Waals surface area (Å²) in [5.41, 5.74) is 3.97. The molecule has 1 amide bonds. The van der Waals surface area contributed by atoms with Gasteiger partial charge in [0.1, 0.15) is 0 Å². The fraction of sp³-hybridized carbons (Fsp3) is 0.240. The van der Waals surface area contributed by atoms with Crippen molar-refractivity contribution in [2.24, 2.45) is 0 Å². The predicted octanol–water partition coefficient (Wildman–Crippen LogP) is 5.01. The topological polar surface area (TPSA) is 66.5 Å². The summed E-state index contributed by atoms with van der Waals surface area (Å²) in [7, 11) is -2.16. The Labute approximate surface area is 184 Å². The molecule has 0 aliphatic carbocycles. The molecule has 3 rings (SSSR count). The smallest absolute Gasteiger partial charge is 0.264 e. The van der Waals surface area contributed by atoms with E-state index in [-0.39, 0.29) is 16.8 Å². The zero-order valence-electron chi connectivity index (χ0n) is 18.3. The Morgan fingerprint density at radius 1 is 0.935 bits per heavy atom. The number of nitrogens with zero attached hydrogens (tertiary/aromatic N) is 1. The van der Waals surface area contributed by atoms with Crippen molar-refractivity contribution in [3.8, 4) is 0 Å². The van der Waals surface area contributed by atoms with Crippen molar-refractivity contribution in [3.63, 3.8) is 0 Å². The van der Waals surface area contributed by atoms with Gasteiger partial charge in [-0.15, -0.1) is 0 Å². The molecule has 1 N–H and O–H groups in total. The van der Waals surface area contributed by atoms with Crippen LogP contribution in [0.5, 0.6) is 0 Å². The molecule has 3 aromatic rings. The van der Waals surface area contributed by atoms with Crippen molar-refractivity contribution in [1.29, 1.82) is 0 Å². The summed E-state index contributed by atoms with van der Waals surface area (Å²) in [6.45, 7) is 5.88. The maximum atomic E-state index is 12.9. The Balaban J connectivity index is 1.83. The molecule has 0 saturated heterocycles. The number of hydrogen-bond donors (Lipinski definition) is 1. The van der Waals surface area contributed by atoms with Crippen LogP contribution in [0.1, 0.15) is 46.4 Å². The molecule has 0 aliphatic heterocycles. The standard InChI is InChI=1S/C25H28N2O3S/c1-5-23(22-14-10-9-11-18(22)2)26-25(28)20-15-16-24(19(3)17-20)27(4)31(29,30)21-12-7-6-8-13-21/h6-17,23H,5H2,1-4H3,(H,26,28)/t23-/m0/s1. The summed E-state index contributed by atoms with van der Waals surface area (Å²) in [6, 6.07) is 21.3. The number of aryl methyl sites for hydroxylation is 2. The Kier molecular flexibility index (Phi) is 6.81. The second kappa shape index (κ2) is 9.35. The fourth-order valence-electron chi connectivity index (χ4n) is 3.65. The average Bonchev–Trinajstić information content (AvgIpc) is 2.78. The number of rotatable bonds is 7. The van der Waals surface area contributed by atoms with Gasteiger partial charge in [-0.05, 0) is 67.3 Å². The first-order chi connectivity index (χ1) is 14.8. The second-order valence-electron chi connectivity index (χ2n) is 7.58. The molecule has 0 unspecified atom stereocenters. The highest BCUT2D eigenvalue weighted by Gasteiger charge is 2.23. The van der Waals surface area contributed by atoms with Gasteiger partial charge in [0.2, 0.25) is 0 Å². The summed E-state index contributed by atoms with van der Waals surface area (Å²) < 4.78 is 27.1. The summed E-state index contributed by atoms with van der Waals surface area (Å²) in [5, 5.41) is 3.10. The van der Waals surface area contributed by atoms with E-state index in [1.54, 1.807) is 48.5 Å². The maximum Gasteiger partial charge on any atom is 0.264 e. The normalized spacial score (nSPS) is 12.3. The number of benzene rings is 3. The van der Waals surface area contributed by atoms with E-state index in [2.05, 4.69) is 5.32 Å². The van der Waals surface area contributed by atoms with E-state index >= 15 is 0 Å². The molecule has 0 heterocycles. The maximum absolute atomic E-state index is 12.9. The third-order valence-electron chi connectivity index (χ3n) is 5.48. The molecule has 0 fully saturated rings. The number of anilines is 1. The number of hydrogen-bond acceptors (Lipinski definition) is 3. The quantitative estimate of drug-likeness (QED) is 0.566. The van der Waals surface area contributed by atoms with E-state index < -0.39 is 10.0 Å². The summed E-state index contributed by atoms with van der Waals surface area (Å²) >= 11 is 0. The van der Waals surface area contributed by atoms with Crippen LogP contribution in [-0.4, -0.2) is 21.4 Å². The summed E-state index contributed by atoms with van der Waals surface area (Å²) in [4.78, 5) is 13.1. The molecule has 0 saturated carbocycles. The van der Waals surface area contributed by atoms with Crippen LogP contribution in [0.4, 0.5) is 5.69 Å². The van der Waals surface area contributed by atoms with Crippen LogP contribution < -0.4 is 9.62 Å². The van der Waals surface area contributed by atoms with Crippen LogP contribution >= 0.6 is 0 Å². The van der Waals surface area contributed by atoms with Crippen LogP contribution in [0, 0.1) is 13.8 Å². The van der Waals surface area contributed by atoms with Crippen molar-refractivity contribution in [1.82, 2.24) is 5.32 Å². The van der Waals surface area contributed by atoms with Gasteiger partial charge in [0.15, 0.2) is 0 Å². The van der Waals surface area contributed by atoms with Gasteiger partial charge in [-0.2, -0.15) is 0 Å². The van der Waals surface area contributed by atoms with Gasteiger partial charge in [0.05, 0.1) is 16.6 Å². The Morgan fingerprint density at radius 3 is 2.19 bits per heavy atom. The minimum atomic E-state index is -3.68. The number of sulfonamides is 1. The van der Waals surface area contributed by atoms with Gasteiger partial charge in [-0.25, -0.2) is 8.42 Å². The first-order valence-corrected chi connectivity index (χ1v) is 11.7. The van der Waals surface area contributed by atoms with Gasteiger partial charge in [0, 0.05) is 12.6 Å². The molecule has 0 aliphatic rings. The minimum Gasteiger partial charge on any atom is -0.345 e. The molecule has 0 radical (unpaired) electrons. The highest BCUT2D eigenvalue weighted by Crippen LogP contribution is 2.27. The van der Waals surface area contributed by atoms with Crippen molar-refractivity contribution < 1.29 is 13.2 Å². The second-order valence-corrected chi connectivity index (χ2v) is 9.55. The van der Waals surface area contributed by atoms with Crippen molar-refractivity contribution >= 4 is 21.6 Å². The minimum absolute atomic E-state index is 0.0881. The lowest BCUT2D eigenvalue weighted by Crippen LogP contribution is -2.29. The molecule has 6 heteroatoms. The predicted molar refractivity (Wildman–Crippen MR) is 125 cm³/mol.